The molecule has 0 spiro atoms. The van der Waals surface area contributed by atoms with Crippen molar-refractivity contribution < 1.29 is 32.4 Å². The Kier molecular flexibility index (Phi) is 5.56. The van der Waals surface area contributed by atoms with Crippen LogP contribution in [0.15, 0.2) is 29.1 Å². The molecule has 33 heavy (non-hydrogen) atoms. The van der Waals surface area contributed by atoms with Gasteiger partial charge < -0.3 is 14.0 Å². The Hall–Kier alpha value is -3.89. The number of halogens is 3. The summed E-state index contributed by atoms with van der Waals surface area (Å²) in [4.78, 5) is 37.4. The number of hydrogen-bond acceptors (Lipinski definition) is 6. The number of nitro benzene ring substituents is 1. The molecule has 0 amide bonds. The van der Waals surface area contributed by atoms with Gasteiger partial charge in [0.15, 0.2) is 23.2 Å². The van der Waals surface area contributed by atoms with E-state index in [0.717, 1.165) is 4.57 Å². The van der Waals surface area contributed by atoms with Gasteiger partial charge in [0.1, 0.15) is 5.56 Å². The maximum absolute atomic E-state index is 15.0. The summed E-state index contributed by atoms with van der Waals surface area (Å²) in [6, 6.07) is 3.97. The van der Waals surface area contributed by atoms with Gasteiger partial charge in [-0.05, 0) is 38.0 Å². The molecule has 11 heteroatoms. The summed E-state index contributed by atoms with van der Waals surface area (Å²) in [5, 5.41) is 11.4. The molecule has 1 aromatic heterocycles. The fourth-order valence-electron chi connectivity index (χ4n) is 3.89. The number of esters is 1. The van der Waals surface area contributed by atoms with Crippen molar-refractivity contribution in [1.82, 2.24) is 4.57 Å². The van der Waals surface area contributed by atoms with E-state index in [0.29, 0.717) is 18.9 Å². The molecular weight excluding hydrogens is 445 g/mol. The molecule has 0 unspecified atom stereocenters. The molecule has 3 aromatic rings. The normalized spacial score (nSPS) is 13.2. The minimum absolute atomic E-state index is 0.133. The molecule has 1 heterocycles. The van der Waals surface area contributed by atoms with Crippen LogP contribution >= 0.6 is 0 Å². The van der Waals surface area contributed by atoms with Crippen LogP contribution in [0.5, 0.6) is 5.75 Å². The van der Waals surface area contributed by atoms with Crippen LogP contribution in [0.4, 0.5) is 18.9 Å². The topological polar surface area (TPSA) is 101 Å². The van der Waals surface area contributed by atoms with Crippen molar-refractivity contribution in [2.24, 2.45) is 0 Å². The zero-order valence-corrected chi connectivity index (χ0v) is 17.5. The Labute approximate surface area is 184 Å². The molecular formula is C22H17F3N2O6. The van der Waals surface area contributed by atoms with E-state index >= 15 is 4.39 Å². The van der Waals surface area contributed by atoms with Gasteiger partial charge >= 0.3 is 11.7 Å². The van der Waals surface area contributed by atoms with Gasteiger partial charge in [0, 0.05) is 6.04 Å². The summed E-state index contributed by atoms with van der Waals surface area (Å²) in [7, 11) is 1.20. The van der Waals surface area contributed by atoms with Gasteiger partial charge in [-0.1, -0.05) is 6.07 Å². The smallest absolute Gasteiger partial charge is 0.344 e. The van der Waals surface area contributed by atoms with E-state index in [1.165, 1.54) is 32.2 Å². The quantitative estimate of drug-likeness (QED) is 0.231. The molecule has 1 aliphatic rings. The highest BCUT2D eigenvalue weighted by Gasteiger charge is 2.37. The minimum Gasteiger partial charge on any atom is -0.490 e. The number of carbonyl (C=O) groups is 1. The van der Waals surface area contributed by atoms with E-state index in [4.69, 9.17) is 9.47 Å². The fourth-order valence-corrected chi connectivity index (χ4v) is 3.89. The van der Waals surface area contributed by atoms with Crippen LogP contribution in [0.3, 0.4) is 0 Å². The van der Waals surface area contributed by atoms with Gasteiger partial charge in [-0.3, -0.25) is 14.9 Å². The Bertz CT molecular complexity index is 1380. The van der Waals surface area contributed by atoms with Gasteiger partial charge in [-0.2, -0.15) is 0 Å². The third-order valence-electron chi connectivity index (χ3n) is 5.37. The molecule has 0 bridgehead atoms. The first-order valence-corrected chi connectivity index (χ1v) is 9.97. The highest BCUT2D eigenvalue weighted by molar-refractivity contribution is 6.02. The fraction of sp³-hybridized carbons (Fsp3) is 0.273. The van der Waals surface area contributed by atoms with Crippen LogP contribution in [0, 0.1) is 27.6 Å². The van der Waals surface area contributed by atoms with Gasteiger partial charge in [0.05, 0.1) is 40.8 Å². The SMILES string of the molecule is CCOC(=O)c1c(-c2cccc(OC)c2[N+](=O)[O-])n(C2CC2)c2c(F)c(F)c(F)cc2c1=O. The van der Waals surface area contributed by atoms with Gasteiger partial charge in [-0.15, -0.1) is 0 Å². The molecule has 8 nitrogen and oxygen atoms in total. The maximum atomic E-state index is 15.0. The van der Waals surface area contributed by atoms with Crippen LogP contribution in [0.2, 0.25) is 0 Å². The van der Waals surface area contributed by atoms with Crippen LogP contribution < -0.4 is 10.2 Å². The first kappa shape index (κ1) is 22.3. The number of fused-ring (bicyclic) bond motifs is 1. The second-order valence-corrected chi connectivity index (χ2v) is 7.37. The average Bonchev–Trinajstić information content (AvgIpc) is 3.62. The molecule has 0 N–H and O–H groups in total. The van der Waals surface area contributed by atoms with E-state index in [-0.39, 0.29) is 23.6 Å². The van der Waals surface area contributed by atoms with Crippen molar-refractivity contribution >= 4 is 22.6 Å². The lowest BCUT2D eigenvalue weighted by Crippen LogP contribution is -2.25. The second kappa shape index (κ2) is 8.23. The predicted octanol–water partition coefficient (Wildman–Crippen LogP) is 4.51. The van der Waals surface area contributed by atoms with E-state index in [1.54, 1.807) is 0 Å². The number of pyridine rings is 1. The lowest BCUT2D eigenvalue weighted by molar-refractivity contribution is -0.385. The van der Waals surface area contributed by atoms with Crippen LogP contribution in [0.1, 0.15) is 36.2 Å². The van der Waals surface area contributed by atoms with E-state index < -0.39 is 62.0 Å². The average molecular weight is 462 g/mol. The lowest BCUT2D eigenvalue weighted by Gasteiger charge is -2.21. The van der Waals surface area contributed by atoms with E-state index in [1.807, 2.05) is 0 Å². The Balaban J connectivity index is 2.29. The number of para-hydroxylation sites is 1. The Morgan fingerprint density at radius 1 is 1.24 bits per heavy atom. The zero-order chi connectivity index (χ0) is 24.0. The van der Waals surface area contributed by atoms with E-state index in [9.17, 15) is 28.5 Å². The summed E-state index contributed by atoms with van der Waals surface area (Å²) in [5.41, 5.74) is -3.48. The third kappa shape index (κ3) is 3.49. The molecule has 0 saturated heterocycles. The number of nitro groups is 1. The standard InChI is InChI=1S/C22H17F3N2O6/c1-3-33-22(29)15-19(11-5-4-6-14(32-2)18(11)27(30)31)26(10-7-8-10)20-12(21(15)28)9-13(23)16(24)17(20)25/h4-6,9-10H,3,7-8H2,1-2H3. The highest BCUT2D eigenvalue weighted by Crippen LogP contribution is 2.46. The lowest BCUT2D eigenvalue weighted by atomic mass is 9.99. The molecule has 1 fully saturated rings. The largest absolute Gasteiger partial charge is 0.490 e. The molecule has 0 atom stereocenters. The number of nitrogens with zero attached hydrogens (tertiary/aromatic N) is 2. The summed E-state index contributed by atoms with van der Waals surface area (Å²) < 4.78 is 54.5. The first-order chi connectivity index (χ1) is 15.7. The summed E-state index contributed by atoms with van der Waals surface area (Å²) in [6.07, 6.45) is 0.923. The molecule has 0 aliphatic heterocycles. The summed E-state index contributed by atoms with van der Waals surface area (Å²) >= 11 is 0. The molecule has 0 radical (unpaired) electrons. The zero-order valence-electron chi connectivity index (χ0n) is 17.5. The van der Waals surface area contributed by atoms with Crippen molar-refractivity contribution in [3.8, 4) is 17.0 Å². The predicted molar refractivity (Wildman–Crippen MR) is 111 cm³/mol. The summed E-state index contributed by atoms with van der Waals surface area (Å²) in [6.45, 7) is 1.35. The van der Waals surface area contributed by atoms with Gasteiger partial charge in [-0.25, -0.2) is 18.0 Å². The van der Waals surface area contributed by atoms with Crippen molar-refractivity contribution in [2.75, 3.05) is 13.7 Å². The molecule has 2 aromatic carbocycles. The maximum Gasteiger partial charge on any atom is 0.344 e. The van der Waals surface area contributed by atoms with Crippen LogP contribution in [0.25, 0.3) is 22.2 Å². The molecule has 172 valence electrons. The third-order valence-corrected chi connectivity index (χ3v) is 5.37. The molecule has 1 aliphatic carbocycles. The van der Waals surface area contributed by atoms with Gasteiger partial charge in [0.25, 0.3) is 0 Å². The Morgan fingerprint density at radius 3 is 2.52 bits per heavy atom. The highest BCUT2D eigenvalue weighted by atomic mass is 19.2. The number of ether oxygens (including phenoxy) is 2. The number of rotatable bonds is 6. The minimum atomic E-state index is -1.80. The monoisotopic (exact) mass is 462 g/mol. The molecule has 4 rings (SSSR count). The number of benzene rings is 2. The van der Waals surface area contributed by atoms with Crippen LogP contribution in [-0.4, -0.2) is 29.2 Å². The van der Waals surface area contributed by atoms with Crippen molar-refractivity contribution in [3.05, 3.63) is 67.6 Å². The number of aromatic nitrogens is 1. The van der Waals surface area contributed by atoms with Gasteiger partial charge in [0.2, 0.25) is 5.43 Å². The first-order valence-electron chi connectivity index (χ1n) is 9.97. The van der Waals surface area contributed by atoms with Crippen LogP contribution in [-0.2, 0) is 4.74 Å². The summed E-state index contributed by atoms with van der Waals surface area (Å²) in [5.74, 6) is -6.33. The van der Waals surface area contributed by atoms with Crippen molar-refractivity contribution in [2.45, 2.75) is 25.8 Å². The number of hydrogen-bond donors (Lipinski definition) is 0. The number of methoxy groups -OCH3 is 1. The molecule has 1 saturated carbocycles. The van der Waals surface area contributed by atoms with E-state index in [2.05, 4.69) is 0 Å². The second-order valence-electron chi connectivity index (χ2n) is 7.37. The van der Waals surface area contributed by atoms with Crippen molar-refractivity contribution in [1.29, 1.82) is 0 Å². The van der Waals surface area contributed by atoms with Crippen molar-refractivity contribution in [3.63, 3.8) is 0 Å². The number of carbonyl (C=O) groups excluding carboxylic acids is 1. The Morgan fingerprint density at radius 2 is 1.94 bits per heavy atom.